The second-order valence-corrected chi connectivity index (χ2v) is 3.64. The van der Waals surface area contributed by atoms with Gasteiger partial charge in [0.15, 0.2) is 0 Å². The molecule has 0 amide bonds. The van der Waals surface area contributed by atoms with Gasteiger partial charge in [0.05, 0.1) is 0 Å². The van der Waals surface area contributed by atoms with Gasteiger partial charge in [-0.15, -0.1) is 0 Å². The van der Waals surface area contributed by atoms with E-state index in [1.54, 1.807) is 20.7 Å². The van der Waals surface area contributed by atoms with Crippen molar-refractivity contribution in [3.8, 4) is 11.5 Å². The van der Waals surface area contributed by atoms with Crippen molar-refractivity contribution in [2.75, 3.05) is 0 Å². The fraction of sp³-hybridized carbons (Fsp3) is 0. The van der Waals surface area contributed by atoms with Crippen molar-refractivity contribution in [2.45, 2.75) is 0 Å². The maximum absolute atomic E-state index is 5.43. The van der Waals surface area contributed by atoms with E-state index in [1.165, 1.54) is 3.71 Å². The summed E-state index contributed by atoms with van der Waals surface area (Å²) in [7, 11) is 0. The Morgan fingerprint density at radius 1 is 0.688 bits per heavy atom. The van der Waals surface area contributed by atoms with Gasteiger partial charge in [0.2, 0.25) is 0 Å². The summed E-state index contributed by atoms with van der Waals surface area (Å²) in [6, 6.07) is 19.0. The molecule has 0 spiro atoms. The summed E-state index contributed by atoms with van der Waals surface area (Å²) >= 11 is 1.71. The van der Waals surface area contributed by atoms with Crippen LogP contribution >= 0.6 is 0 Å². The van der Waals surface area contributed by atoms with Crippen molar-refractivity contribution in [3.63, 3.8) is 0 Å². The molecule has 0 saturated heterocycles. The van der Waals surface area contributed by atoms with Crippen LogP contribution in [0.1, 0.15) is 0 Å². The molecule has 0 aromatic heterocycles. The van der Waals surface area contributed by atoms with Crippen molar-refractivity contribution in [2.24, 2.45) is 0 Å². The minimum atomic E-state index is 0.737. The summed E-state index contributed by atoms with van der Waals surface area (Å²) in [5, 5.41) is 0. The SMILES string of the molecule is [Ti][N](Oc1ccccc1)Oc1ccccc1. The van der Waals surface area contributed by atoms with Gasteiger partial charge in [-0.25, -0.2) is 0 Å². The molecule has 0 saturated carbocycles. The standard InChI is InChI=1S/C12H10NO2.Ti/c1-3-7-11(8-4-1)14-13-15-12-9-5-2-6-10-12;/h1-10H;/q-1;+1. The van der Waals surface area contributed by atoms with Crippen LogP contribution in [0.3, 0.4) is 0 Å². The summed E-state index contributed by atoms with van der Waals surface area (Å²) in [5.41, 5.74) is 0. The predicted molar refractivity (Wildman–Crippen MR) is 56.0 cm³/mol. The molecule has 2 aromatic rings. The molecule has 2 rings (SSSR count). The number of hydrogen-bond donors (Lipinski definition) is 0. The fourth-order valence-electron chi connectivity index (χ4n) is 1.17. The summed E-state index contributed by atoms with van der Waals surface area (Å²) in [4.78, 5) is 10.9. The molecule has 0 heterocycles. The third-order valence-corrected chi connectivity index (χ3v) is 2.15. The Morgan fingerprint density at radius 2 is 1.06 bits per heavy atom. The van der Waals surface area contributed by atoms with Gasteiger partial charge >= 0.3 is 106 Å². The van der Waals surface area contributed by atoms with E-state index >= 15 is 0 Å². The van der Waals surface area contributed by atoms with Crippen molar-refractivity contribution in [3.05, 3.63) is 60.7 Å². The number of benzene rings is 2. The molecule has 4 heteroatoms. The maximum atomic E-state index is 5.43. The first-order valence-electron chi connectivity index (χ1n) is 4.82. The molecular formula is C12H10NO2Ti. The molecule has 79 valence electrons. The Labute approximate surface area is 106 Å². The van der Waals surface area contributed by atoms with Crippen molar-refractivity contribution >= 4 is 0 Å². The van der Waals surface area contributed by atoms with Crippen molar-refractivity contribution in [1.82, 2.24) is 3.71 Å². The average Bonchev–Trinajstić information content (AvgIpc) is 2.31. The Balaban J connectivity index is 1.92. The molecule has 0 aliphatic heterocycles. The van der Waals surface area contributed by atoms with Gasteiger partial charge in [-0.05, 0) is 0 Å². The van der Waals surface area contributed by atoms with Gasteiger partial charge in [-0.3, -0.25) is 0 Å². The summed E-state index contributed by atoms with van der Waals surface area (Å²) < 4.78 is 1.32. The molecule has 0 atom stereocenters. The van der Waals surface area contributed by atoms with Crippen molar-refractivity contribution < 1.29 is 30.4 Å². The van der Waals surface area contributed by atoms with Crippen LogP contribution in [-0.4, -0.2) is 3.71 Å². The van der Waals surface area contributed by atoms with Gasteiger partial charge < -0.3 is 0 Å². The van der Waals surface area contributed by atoms with Crippen LogP contribution < -0.4 is 9.68 Å². The first-order chi connectivity index (χ1) is 7.84. The molecule has 0 aliphatic carbocycles. The summed E-state index contributed by atoms with van der Waals surface area (Å²) in [5.74, 6) is 1.47. The third-order valence-electron chi connectivity index (χ3n) is 1.86. The number of hydrogen-bond acceptors (Lipinski definition) is 3. The molecule has 0 N–H and O–H groups in total. The molecule has 3 nitrogen and oxygen atoms in total. The second-order valence-electron chi connectivity index (χ2n) is 3.07. The Morgan fingerprint density at radius 3 is 1.44 bits per heavy atom. The molecular weight excluding hydrogens is 238 g/mol. The Hall–Kier alpha value is -1.29. The predicted octanol–water partition coefficient (Wildman–Crippen LogP) is 2.74. The molecule has 0 aliphatic rings. The van der Waals surface area contributed by atoms with Gasteiger partial charge in [0.1, 0.15) is 0 Å². The minimum absolute atomic E-state index is 0.737. The summed E-state index contributed by atoms with van der Waals surface area (Å²) in [6.07, 6.45) is 0. The van der Waals surface area contributed by atoms with E-state index in [1.807, 2.05) is 60.7 Å². The second kappa shape index (κ2) is 5.70. The van der Waals surface area contributed by atoms with E-state index in [0.717, 1.165) is 11.5 Å². The number of para-hydroxylation sites is 2. The fourth-order valence-corrected chi connectivity index (χ4v) is 1.50. The Kier molecular flexibility index (Phi) is 4.00. The van der Waals surface area contributed by atoms with E-state index in [-0.39, 0.29) is 0 Å². The van der Waals surface area contributed by atoms with E-state index < -0.39 is 0 Å². The van der Waals surface area contributed by atoms with Gasteiger partial charge in [-0.1, -0.05) is 0 Å². The molecule has 16 heavy (non-hydrogen) atoms. The van der Waals surface area contributed by atoms with Crippen molar-refractivity contribution in [1.29, 1.82) is 0 Å². The van der Waals surface area contributed by atoms with E-state index in [9.17, 15) is 0 Å². The molecule has 0 unspecified atom stereocenters. The van der Waals surface area contributed by atoms with Crippen LogP contribution in [0, 0.1) is 0 Å². The molecule has 0 radical (unpaired) electrons. The van der Waals surface area contributed by atoms with Gasteiger partial charge in [-0.2, -0.15) is 0 Å². The van der Waals surface area contributed by atoms with Crippen LogP contribution in [0.15, 0.2) is 60.7 Å². The summed E-state index contributed by atoms with van der Waals surface area (Å²) in [6.45, 7) is 0. The van der Waals surface area contributed by atoms with Crippen LogP contribution in [0.25, 0.3) is 0 Å². The topological polar surface area (TPSA) is 21.7 Å². The molecule has 2 aromatic carbocycles. The first kappa shape index (κ1) is 11.2. The molecule has 0 fully saturated rings. The normalized spacial score (nSPS) is 10.0. The number of rotatable bonds is 4. The van der Waals surface area contributed by atoms with Gasteiger partial charge in [0, 0.05) is 0 Å². The van der Waals surface area contributed by atoms with E-state index in [0.29, 0.717) is 0 Å². The monoisotopic (exact) mass is 248 g/mol. The third kappa shape index (κ3) is 3.38. The van der Waals surface area contributed by atoms with Crippen LogP contribution in [-0.2, 0) is 20.7 Å². The Bertz CT molecular complexity index is 380. The van der Waals surface area contributed by atoms with Crippen LogP contribution in [0.2, 0.25) is 0 Å². The zero-order valence-corrected chi connectivity index (χ0v) is 10.1. The van der Waals surface area contributed by atoms with E-state index in [4.69, 9.17) is 9.68 Å². The van der Waals surface area contributed by atoms with E-state index in [2.05, 4.69) is 0 Å². The van der Waals surface area contributed by atoms with Crippen LogP contribution in [0.5, 0.6) is 11.5 Å². The van der Waals surface area contributed by atoms with Crippen LogP contribution in [0.4, 0.5) is 0 Å². The average molecular weight is 248 g/mol. The first-order valence-corrected chi connectivity index (χ1v) is 5.52. The zero-order valence-electron chi connectivity index (χ0n) is 8.54. The van der Waals surface area contributed by atoms with Gasteiger partial charge in [0.25, 0.3) is 0 Å². The zero-order chi connectivity index (χ0) is 11.2. The number of nitrogens with zero attached hydrogens (tertiary/aromatic N) is 1. The molecule has 0 bridgehead atoms. The quantitative estimate of drug-likeness (QED) is 0.613.